The molecule has 188 valence electrons. The average molecular weight is 517 g/mol. The number of H-pyrrole nitrogens is 1. The van der Waals surface area contributed by atoms with Crippen LogP contribution < -0.4 is 0 Å². The van der Waals surface area contributed by atoms with Gasteiger partial charge in [-0.25, -0.2) is 4.98 Å². The quantitative estimate of drug-likeness (QED) is 0.262. The number of pyridine rings is 1. The van der Waals surface area contributed by atoms with Crippen LogP contribution in [0.2, 0.25) is 0 Å². The molecule has 0 bridgehead atoms. The molecule has 1 N–H and O–H groups in total. The van der Waals surface area contributed by atoms with Gasteiger partial charge in [0.1, 0.15) is 5.69 Å². The van der Waals surface area contributed by atoms with Crippen molar-refractivity contribution >= 4 is 16.3 Å². The van der Waals surface area contributed by atoms with Crippen molar-refractivity contribution in [1.82, 2.24) is 29.5 Å². The number of fused-ring (bicyclic) bond motifs is 1. The molecule has 1 aliphatic rings. The monoisotopic (exact) mass is 516 g/mol. The van der Waals surface area contributed by atoms with Gasteiger partial charge in [0.2, 0.25) is 0 Å². The first kappa shape index (κ1) is 23.1. The summed E-state index contributed by atoms with van der Waals surface area (Å²) in [5, 5.41) is 9.87. The van der Waals surface area contributed by atoms with Crippen LogP contribution in [0.4, 0.5) is 0 Å². The molecule has 0 radical (unpaired) electrons. The highest BCUT2D eigenvalue weighted by atomic mass is 32.1. The summed E-state index contributed by atoms with van der Waals surface area (Å²) in [6.45, 7) is 3.14. The van der Waals surface area contributed by atoms with Crippen molar-refractivity contribution in [3.8, 4) is 33.9 Å². The van der Waals surface area contributed by atoms with Gasteiger partial charge in [-0.15, -0.1) is 11.3 Å². The molecule has 6 aromatic rings. The first-order valence-corrected chi connectivity index (χ1v) is 14.0. The molecule has 7 rings (SSSR count). The van der Waals surface area contributed by atoms with Crippen LogP contribution in [0, 0.1) is 0 Å². The lowest BCUT2D eigenvalue weighted by Crippen LogP contribution is -2.32. The normalized spacial score (nSPS) is 14.8. The summed E-state index contributed by atoms with van der Waals surface area (Å²) in [4.78, 5) is 13.0. The number of nitrogens with zero attached hydrogens (tertiary/aromatic N) is 5. The van der Waals surface area contributed by atoms with Crippen molar-refractivity contribution in [2.24, 2.45) is 0 Å². The second kappa shape index (κ2) is 10.0. The minimum Gasteiger partial charge on any atom is -0.299 e. The van der Waals surface area contributed by atoms with Gasteiger partial charge in [-0.1, -0.05) is 60.7 Å². The molecule has 0 saturated carbocycles. The van der Waals surface area contributed by atoms with Crippen LogP contribution in [-0.2, 0) is 6.54 Å². The summed E-state index contributed by atoms with van der Waals surface area (Å²) in [7, 11) is 0. The van der Waals surface area contributed by atoms with E-state index in [2.05, 4.69) is 96.7 Å². The highest BCUT2D eigenvalue weighted by Crippen LogP contribution is 2.35. The standard InChI is InChI=1S/C31H28N6S/c1-2-6-25(7-3-1)30-29(33-31-37(30)18-19-38-31)24-11-9-22(10-12-24)21-36-16-13-23(14-17-36)27-20-28(35-34-27)26-8-4-5-15-32-26/h1-12,15,18-20,23H,13-14,16-17,21H2,(H,34,35). The molecule has 0 unspecified atom stereocenters. The van der Waals surface area contributed by atoms with Crippen LogP contribution in [0.1, 0.15) is 30.0 Å². The molecular weight excluding hydrogens is 488 g/mol. The van der Waals surface area contributed by atoms with Crippen LogP contribution in [0.25, 0.3) is 38.9 Å². The summed E-state index contributed by atoms with van der Waals surface area (Å²) >= 11 is 1.67. The molecule has 38 heavy (non-hydrogen) atoms. The van der Waals surface area contributed by atoms with Crippen molar-refractivity contribution < 1.29 is 0 Å². The lowest BCUT2D eigenvalue weighted by molar-refractivity contribution is 0.203. The number of nitrogens with one attached hydrogen (secondary N) is 1. The van der Waals surface area contributed by atoms with E-state index in [-0.39, 0.29) is 0 Å². The van der Waals surface area contributed by atoms with Gasteiger partial charge in [-0.3, -0.25) is 19.4 Å². The van der Waals surface area contributed by atoms with E-state index in [0.717, 1.165) is 65.8 Å². The van der Waals surface area contributed by atoms with Crippen LogP contribution in [0.5, 0.6) is 0 Å². The van der Waals surface area contributed by atoms with Crippen LogP contribution in [0.15, 0.2) is 96.6 Å². The summed E-state index contributed by atoms with van der Waals surface area (Å²) in [5.74, 6) is 0.518. The van der Waals surface area contributed by atoms with E-state index in [9.17, 15) is 0 Å². The number of piperidine rings is 1. The Hall–Kier alpha value is -4.07. The van der Waals surface area contributed by atoms with E-state index in [1.165, 1.54) is 16.8 Å². The molecule has 1 fully saturated rings. The summed E-state index contributed by atoms with van der Waals surface area (Å²) in [6.07, 6.45) is 6.19. The maximum absolute atomic E-state index is 4.98. The molecule has 2 aromatic carbocycles. The summed E-state index contributed by atoms with van der Waals surface area (Å²) < 4.78 is 2.20. The third-order valence-electron chi connectivity index (χ3n) is 7.50. The molecule has 6 nitrogen and oxygen atoms in total. The zero-order valence-electron chi connectivity index (χ0n) is 21.0. The predicted molar refractivity (Wildman–Crippen MR) is 153 cm³/mol. The lowest BCUT2D eigenvalue weighted by atomic mass is 9.93. The van der Waals surface area contributed by atoms with Gasteiger partial charge in [-0.2, -0.15) is 5.10 Å². The minimum absolute atomic E-state index is 0.518. The Morgan fingerprint density at radius 3 is 2.47 bits per heavy atom. The number of rotatable bonds is 6. The van der Waals surface area contributed by atoms with Gasteiger partial charge >= 0.3 is 0 Å². The van der Waals surface area contributed by atoms with Crippen molar-refractivity contribution in [3.05, 3.63) is 108 Å². The maximum atomic E-state index is 4.98. The van der Waals surface area contributed by atoms with Crippen LogP contribution >= 0.6 is 11.3 Å². The average Bonchev–Trinajstić information content (AvgIpc) is 3.72. The van der Waals surface area contributed by atoms with E-state index >= 15 is 0 Å². The predicted octanol–water partition coefficient (Wildman–Crippen LogP) is 6.89. The number of imidazole rings is 1. The largest absolute Gasteiger partial charge is 0.299 e. The van der Waals surface area contributed by atoms with Gasteiger partial charge in [0, 0.05) is 47.1 Å². The first-order valence-electron chi connectivity index (χ1n) is 13.1. The van der Waals surface area contributed by atoms with Crippen LogP contribution in [0.3, 0.4) is 0 Å². The van der Waals surface area contributed by atoms with Gasteiger partial charge in [-0.05, 0) is 49.7 Å². The van der Waals surface area contributed by atoms with Crippen molar-refractivity contribution in [3.63, 3.8) is 0 Å². The number of hydrogen-bond donors (Lipinski definition) is 1. The molecule has 0 aliphatic carbocycles. The van der Waals surface area contributed by atoms with Crippen LogP contribution in [-0.4, -0.2) is 42.6 Å². The fraction of sp³-hybridized carbons (Fsp3) is 0.194. The van der Waals surface area contributed by atoms with Crippen molar-refractivity contribution in [2.75, 3.05) is 13.1 Å². The Bertz CT molecular complexity index is 1640. The van der Waals surface area contributed by atoms with Gasteiger partial charge in [0.15, 0.2) is 4.96 Å². The molecule has 0 atom stereocenters. The molecular formula is C31H28N6S. The van der Waals surface area contributed by atoms with E-state index < -0.39 is 0 Å². The molecule has 7 heteroatoms. The number of hydrogen-bond acceptors (Lipinski definition) is 5. The van der Waals surface area contributed by atoms with E-state index in [1.54, 1.807) is 11.3 Å². The summed E-state index contributed by atoms with van der Waals surface area (Å²) in [6, 6.07) is 27.6. The molecule has 1 aliphatic heterocycles. The lowest BCUT2D eigenvalue weighted by Gasteiger charge is -2.31. The van der Waals surface area contributed by atoms with Crippen molar-refractivity contribution in [1.29, 1.82) is 0 Å². The van der Waals surface area contributed by atoms with Gasteiger partial charge < -0.3 is 0 Å². The highest BCUT2D eigenvalue weighted by Gasteiger charge is 2.23. The van der Waals surface area contributed by atoms with Gasteiger partial charge in [0.25, 0.3) is 0 Å². The van der Waals surface area contributed by atoms with E-state index in [4.69, 9.17) is 4.98 Å². The number of thiazole rings is 1. The zero-order valence-corrected chi connectivity index (χ0v) is 21.8. The molecule has 5 heterocycles. The second-order valence-corrected chi connectivity index (χ2v) is 10.8. The Morgan fingerprint density at radius 1 is 0.868 bits per heavy atom. The molecule has 0 amide bonds. The van der Waals surface area contributed by atoms with E-state index in [0.29, 0.717) is 5.92 Å². The fourth-order valence-corrected chi connectivity index (χ4v) is 6.19. The second-order valence-electron chi connectivity index (χ2n) is 9.90. The van der Waals surface area contributed by atoms with Gasteiger partial charge in [0.05, 0.1) is 17.1 Å². The van der Waals surface area contributed by atoms with E-state index in [1.807, 2.05) is 24.4 Å². The highest BCUT2D eigenvalue weighted by molar-refractivity contribution is 7.15. The first-order chi connectivity index (χ1) is 18.8. The minimum atomic E-state index is 0.518. The Kier molecular flexibility index (Phi) is 6.08. The van der Waals surface area contributed by atoms with Crippen molar-refractivity contribution in [2.45, 2.75) is 25.3 Å². The third kappa shape index (κ3) is 4.44. The Balaban J connectivity index is 1.03. The number of aromatic amines is 1. The molecule has 1 saturated heterocycles. The Morgan fingerprint density at radius 2 is 1.68 bits per heavy atom. The number of benzene rings is 2. The third-order valence-corrected chi connectivity index (χ3v) is 8.25. The zero-order chi connectivity index (χ0) is 25.3. The molecule has 4 aromatic heterocycles. The maximum Gasteiger partial charge on any atom is 0.194 e. The topological polar surface area (TPSA) is 62.1 Å². The summed E-state index contributed by atoms with van der Waals surface area (Å²) in [5.41, 5.74) is 8.95. The molecule has 0 spiro atoms. The number of likely N-dealkylation sites (tertiary alicyclic amines) is 1. The smallest absolute Gasteiger partial charge is 0.194 e. The Labute approximate surface area is 225 Å². The SMILES string of the molecule is c1ccc(-c2c(-c3ccc(CN4CCC(c5cc(-c6ccccn6)n[nH]5)CC4)cc3)nc3sccn23)cc1. The fourth-order valence-electron chi connectivity index (χ4n) is 5.48. The number of aromatic nitrogens is 5.